The molecule has 4 aromatic rings. The molecule has 4 nitrogen and oxygen atoms in total. The zero-order valence-electron chi connectivity index (χ0n) is 18.0. The quantitative estimate of drug-likeness (QED) is 0.225. The Labute approximate surface area is 212 Å². The molecule has 170 valence electrons. The number of hydrogen-bond donors (Lipinski definition) is 1. The van der Waals surface area contributed by atoms with E-state index in [-0.39, 0.29) is 5.91 Å². The second-order valence-electron chi connectivity index (χ2n) is 7.88. The van der Waals surface area contributed by atoms with E-state index in [0.717, 1.165) is 52.6 Å². The molecule has 1 aromatic heterocycles. The van der Waals surface area contributed by atoms with Crippen LogP contribution >= 0.6 is 39.1 Å². The van der Waals surface area contributed by atoms with Gasteiger partial charge < -0.3 is 9.88 Å². The fourth-order valence-electron chi connectivity index (χ4n) is 3.82. The van der Waals surface area contributed by atoms with E-state index in [1.807, 2.05) is 60.7 Å². The minimum atomic E-state index is -0.0408. The summed E-state index contributed by atoms with van der Waals surface area (Å²) >= 11 is 16.3. The van der Waals surface area contributed by atoms with Gasteiger partial charge in [0.15, 0.2) is 0 Å². The zero-order valence-corrected chi connectivity index (χ0v) is 21.1. The van der Waals surface area contributed by atoms with E-state index in [4.69, 9.17) is 28.2 Å². The molecule has 7 heteroatoms. The monoisotopic (exact) mass is 543 g/mol. The van der Waals surface area contributed by atoms with Crippen LogP contribution in [-0.4, -0.2) is 22.0 Å². The average Bonchev–Trinajstić information content (AvgIpc) is 3.16. The highest BCUT2D eigenvalue weighted by Crippen LogP contribution is 2.28. The van der Waals surface area contributed by atoms with Crippen LogP contribution in [0.15, 0.2) is 71.2 Å². The number of fused-ring (bicyclic) bond motifs is 1. The van der Waals surface area contributed by atoms with Crippen molar-refractivity contribution in [2.75, 3.05) is 6.54 Å². The first-order valence-electron chi connectivity index (χ1n) is 10.9. The lowest BCUT2D eigenvalue weighted by Crippen LogP contribution is -2.24. The molecule has 0 atom stereocenters. The van der Waals surface area contributed by atoms with Gasteiger partial charge in [0.25, 0.3) is 5.91 Å². The predicted molar refractivity (Wildman–Crippen MR) is 139 cm³/mol. The van der Waals surface area contributed by atoms with Gasteiger partial charge >= 0.3 is 0 Å². The van der Waals surface area contributed by atoms with Crippen molar-refractivity contribution in [2.45, 2.75) is 32.2 Å². The Hall–Kier alpha value is -2.34. The summed E-state index contributed by atoms with van der Waals surface area (Å²) in [5.41, 5.74) is 3.62. The van der Waals surface area contributed by atoms with E-state index < -0.39 is 0 Å². The van der Waals surface area contributed by atoms with E-state index in [9.17, 15) is 4.79 Å². The van der Waals surface area contributed by atoms with Gasteiger partial charge in [0.2, 0.25) is 0 Å². The number of carbonyl (C=O) groups excluding carboxylic acids is 1. The molecule has 0 saturated heterocycles. The molecule has 0 aliphatic heterocycles. The van der Waals surface area contributed by atoms with E-state index in [0.29, 0.717) is 28.7 Å². The third-order valence-electron chi connectivity index (χ3n) is 5.58. The summed E-state index contributed by atoms with van der Waals surface area (Å²) in [6.07, 6.45) is 3.74. The Morgan fingerprint density at radius 2 is 1.64 bits per heavy atom. The number of amides is 1. The number of aromatic nitrogens is 2. The highest BCUT2D eigenvalue weighted by Gasteiger charge is 2.14. The summed E-state index contributed by atoms with van der Waals surface area (Å²) in [6, 6.07) is 21.1. The van der Waals surface area contributed by atoms with E-state index >= 15 is 0 Å². The van der Waals surface area contributed by atoms with Crippen molar-refractivity contribution >= 4 is 56.1 Å². The maximum atomic E-state index is 12.2. The van der Waals surface area contributed by atoms with Crippen LogP contribution < -0.4 is 5.32 Å². The fourth-order valence-corrected chi connectivity index (χ4v) is 4.61. The van der Waals surface area contributed by atoms with Gasteiger partial charge in [-0.1, -0.05) is 63.8 Å². The molecule has 0 spiro atoms. The second kappa shape index (κ2) is 11.2. The third kappa shape index (κ3) is 5.97. The third-order valence-corrected chi connectivity index (χ3v) is 6.82. The molecule has 0 aliphatic carbocycles. The molecule has 0 fully saturated rings. The maximum absolute atomic E-state index is 12.2. The number of nitrogens with zero attached hydrogens (tertiary/aromatic N) is 2. The Balaban J connectivity index is 1.35. The first-order valence-corrected chi connectivity index (χ1v) is 12.5. The Kier molecular flexibility index (Phi) is 8.07. The summed E-state index contributed by atoms with van der Waals surface area (Å²) in [5, 5.41) is 4.31. The first-order chi connectivity index (χ1) is 16.0. The van der Waals surface area contributed by atoms with Crippen molar-refractivity contribution in [3.63, 3.8) is 0 Å². The molecule has 1 N–H and O–H groups in total. The highest BCUT2D eigenvalue weighted by atomic mass is 79.9. The highest BCUT2D eigenvalue weighted by molar-refractivity contribution is 9.10. The van der Waals surface area contributed by atoms with Gasteiger partial charge in [-0.2, -0.15) is 0 Å². The van der Waals surface area contributed by atoms with Crippen molar-refractivity contribution in [1.82, 2.24) is 14.9 Å². The topological polar surface area (TPSA) is 46.9 Å². The van der Waals surface area contributed by atoms with E-state index in [1.165, 1.54) is 0 Å². The summed E-state index contributed by atoms with van der Waals surface area (Å²) in [4.78, 5) is 17.1. The van der Waals surface area contributed by atoms with Gasteiger partial charge in [-0.05, 0) is 61.4 Å². The molecular formula is C26H24BrCl2N3O. The number of aryl methyl sites for hydroxylation is 1. The molecule has 1 heterocycles. The number of para-hydroxylation sites is 2. The molecular weight excluding hydrogens is 521 g/mol. The molecule has 1 amide bonds. The maximum Gasteiger partial charge on any atom is 0.251 e. The van der Waals surface area contributed by atoms with Crippen LogP contribution in [0.3, 0.4) is 0 Å². The van der Waals surface area contributed by atoms with Gasteiger partial charge in [0.05, 0.1) is 17.6 Å². The van der Waals surface area contributed by atoms with Gasteiger partial charge in [0.1, 0.15) is 5.82 Å². The average molecular weight is 545 g/mol. The van der Waals surface area contributed by atoms with E-state index in [1.54, 1.807) is 0 Å². The number of rotatable bonds is 9. The van der Waals surface area contributed by atoms with Gasteiger partial charge in [-0.15, -0.1) is 0 Å². The molecule has 33 heavy (non-hydrogen) atoms. The Bertz CT molecular complexity index is 1230. The van der Waals surface area contributed by atoms with Crippen LogP contribution in [0, 0.1) is 0 Å². The van der Waals surface area contributed by atoms with Crippen LogP contribution in [0.2, 0.25) is 10.0 Å². The molecule has 3 aromatic carbocycles. The van der Waals surface area contributed by atoms with Gasteiger partial charge in [-0.3, -0.25) is 4.79 Å². The number of benzene rings is 3. The fraction of sp³-hybridized carbons (Fsp3) is 0.231. The summed E-state index contributed by atoms with van der Waals surface area (Å²) in [6.45, 7) is 1.23. The van der Waals surface area contributed by atoms with Crippen molar-refractivity contribution in [2.24, 2.45) is 0 Å². The number of nitrogens with one attached hydrogen (secondary N) is 1. The normalized spacial score (nSPS) is 11.1. The minimum absolute atomic E-state index is 0.0408. The van der Waals surface area contributed by atoms with Gasteiger partial charge in [-0.25, -0.2) is 4.98 Å². The Morgan fingerprint density at radius 3 is 2.39 bits per heavy atom. The smallest absolute Gasteiger partial charge is 0.251 e. The predicted octanol–water partition coefficient (Wildman–Crippen LogP) is 7.30. The molecule has 0 unspecified atom stereocenters. The molecule has 0 radical (unpaired) electrons. The summed E-state index contributed by atoms with van der Waals surface area (Å²) in [7, 11) is 0. The summed E-state index contributed by atoms with van der Waals surface area (Å²) < 4.78 is 3.17. The van der Waals surface area contributed by atoms with Gasteiger partial charge in [0, 0.05) is 38.6 Å². The van der Waals surface area contributed by atoms with Crippen molar-refractivity contribution < 1.29 is 4.79 Å². The number of halogens is 3. The van der Waals surface area contributed by atoms with Crippen LogP contribution in [0.4, 0.5) is 0 Å². The first kappa shape index (κ1) is 23.8. The second-order valence-corrected chi connectivity index (χ2v) is 9.61. The SMILES string of the molecule is O=C(NCCCCCc1nc2ccccc2n1Cc1c(Cl)cccc1Cl)c1ccc(Br)cc1. The summed E-state index contributed by atoms with van der Waals surface area (Å²) in [5.74, 6) is 0.979. The largest absolute Gasteiger partial charge is 0.352 e. The van der Waals surface area contributed by atoms with Crippen LogP contribution in [-0.2, 0) is 13.0 Å². The van der Waals surface area contributed by atoms with Crippen LogP contribution in [0.25, 0.3) is 11.0 Å². The molecule has 0 saturated carbocycles. The van der Waals surface area contributed by atoms with Crippen molar-refractivity contribution in [3.8, 4) is 0 Å². The number of imidazole rings is 1. The molecule has 4 rings (SSSR count). The van der Waals surface area contributed by atoms with E-state index in [2.05, 4.69) is 31.9 Å². The standard InChI is InChI=1S/C26H24BrCl2N3O/c27-19-14-12-18(13-15-19)26(33)30-16-5-1-2-11-25-31-23-9-3-4-10-24(23)32(25)17-20-21(28)7-6-8-22(20)29/h3-4,6-10,12-15H,1-2,5,11,16-17H2,(H,30,33). The number of hydrogen-bond acceptors (Lipinski definition) is 2. The lowest BCUT2D eigenvalue weighted by atomic mass is 10.1. The number of unbranched alkanes of at least 4 members (excludes halogenated alkanes) is 2. The molecule has 0 bridgehead atoms. The van der Waals surface area contributed by atoms with Crippen molar-refractivity contribution in [1.29, 1.82) is 0 Å². The van der Waals surface area contributed by atoms with Crippen LogP contribution in [0.5, 0.6) is 0 Å². The van der Waals surface area contributed by atoms with Crippen molar-refractivity contribution in [3.05, 3.63) is 98.2 Å². The molecule has 0 aliphatic rings. The lowest BCUT2D eigenvalue weighted by molar-refractivity contribution is 0.0953. The number of carbonyl (C=O) groups is 1. The Morgan fingerprint density at radius 1 is 0.909 bits per heavy atom. The zero-order chi connectivity index (χ0) is 23.2. The lowest BCUT2D eigenvalue weighted by Gasteiger charge is -2.12. The van der Waals surface area contributed by atoms with Crippen LogP contribution in [0.1, 0.15) is 41.0 Å². The minimum Gasteiger partial charge on any atom is -0.352 e.